The van der Waals surface area contributed by atoms with Crippen molar-refractivity contribution < 1.29 is 71.2 Å². The summed E-state index contributed by atoms with van der Waals surface area (Å²) in [4.78, 5) is 34.6. The number of nitrogens with zero attached hydrogens (tertiary/aromatic N) is 8. The lowest BCUT2D eigenvalue weighted by Crippen LogP contribution is -2.30. The van der Waals surface area contributed by atoms with Crippen LogP contribution < -0.4 is 31.1 Å². The maximum atomic E-state index is 14.5. The van der Waals surface area contributed by atoms with Crippen molar-refractivity contribution in [2.24, 2.45) is 10.2 Å². The van der Waals surface area contributed by atoms with Crippen LogP contribution in [0.25, 0.3) is 10.8 Å². The Kier molecular flexibility index (Phi) is 15.9. The van der Waals surface area contributed by atoms with Gasteiger partial charge < -0.3 is 49.9 Å². The fraction of sp³-hybridized carbons (Fsp3) is 0.147. The Morgan fingerprint density at radius 1 is 0.768 bits per heavy atom. The lowest BCUT2D eigenvalue weighted by molar-refractivity contribution is 0.0956. The van der Waals surface area contributed by atoms with Crippen LogP contribution in [-0.4, -0.2) is 128 Å². The molecule has 2 heterocycles. The van der Waals surface area contributed by atoms with Crippen molar-refractivity contribution >= 4 is 124 Å². The molecule has 0 aliphatic carbocycles. The van der Waals surface area contributed by atoms with Crippen LogP contribution >= 0.6 is 22.5 Å². The number of azo groups is 1. The number of ether oxygens (including phenoxy) is 1. The minimum Gasteiger partial charge on any atom is -0.505 e. The zero-order valence-corrected chi connectivity index (χ0v) is 38.6. The van der Waals surface area contributed by atoms with Gasteiger partial charge in [-0.1, -0.05) is 6.07 Å². The molecule has 6 aromatic rings. The summed E-state index contributed by atoms with van der Waals surface area (Å²) >= 11 is 6.13. The van der Waals surface area contributed by atoms with Gasteiger partial charge in [0.05, 0.1) is 30.1 Å². The van der Waals surface area contributed by atoms with E-state index in [1.165, 1.54) is 55.6 Å². The second kappa shape index (κ2) is 21.3. The molecule has 11 N–H and O–H groups in total. The summed E-state index contributed by atoms with van der Waals surface area (Å²) in [6, 6.07) is 14.3. The van der Waals surface area contributed by atoms with Crippen molar-refractivity contribution in [3.63, 3.8) is 0 Å². The van der Waals surface area contributed by atoms with Gasteiger partial charge in [0.1, 0.15) is 32.9 Å². The molecule has 0 spiro atoms. The fourth-order valence-corrected chi connectivity index (χ4v) is 8.48. The van der Waals surface area contributed by atoms with Crippen LogP contribution in [0.5, 0.6) is 11.5 Å². The number of aromatic nitrogens is 6. The van der Waals surface area contributed by atoms with Crippen LogP contribution in [-0.2, 0) is 34.5 Å². The van der Waals surface area contributed by atoms with E-state index in [1.54, 1.807) is 0 Å². The molecule has 0 aliphatic rings. The third-order valence-corrected chi connectivity index (χ3v) is 12.7. The molecule has 0 saturated heterocycles. The monoisotopic (exact) mass is 1060 g/mol. The van der Waals surface area contributed by atoms with Crippen LogP contribution in [0, 0.1) is 6.08 Å². The van der Waals surface area contributed by atoms with Gasteiger partial charge in [0, 0.05) is 34.9 Å². The summed E-state index contributed by atoms with van der Waals surface area (Å²) in [6.07, 6.45) is -1.22. The van der Waals surface area contributed by atoms with E-state index >= 15 is 0 Å². The quantitative estimate of drug-likeness (QED) is 0.0269. The number of methoxy groups -OCH3 is 1. The zero-order chi connectivity index (χ0) is 50.3. The van der Waals surface area contributed by atoms with E-state index in [1.807, 2.05) is 0 Å². The Bertz CT molecular complexity index is 3310. The summed E-state index contributed by atoms with van der Waals surface area (Å²) in [5.74, 6) is -3.62. The zero-order valence-electron chi connectivity index (χ0n) is 34.6. The summed E-state index contributed by atoms with van der Waals surface area (Å²) in [7, 11) is -15.8. The third kappa shape index (κ3) is 14.6. The van der Waals surface area contributed by atoms with Crippen LogP contribution in [0.15, 0.2) is 86.7 Å². The largest absolute Gasteiger partial charge is 0.505 e. The number of phenolic OH excluding ortho intramolecular Hbond substituents is 1. The predicted octanol–water partition coefficient (Wildman–Crippen LogP) is 4.47. The maximum absolute atomic E-state index is 14.5. The van der Waals surface area contributed by atoms with Gasteiger partial charge in [0.2, 0.25) is 29.1 Å². The van der Waals surface area contributed by atoms with Crippen molar-refractivity contribution in [2.75, 3.05) is 52.9 Å². The van der Waals surface area contributed by atoms with Gasteiger partial charge in [-0.15, -0.1) is 10.2 Å². The number of carbonyl (C=O) groups excluding carboxylic acids is 1. The molecule has 0 atom stereocenters. The Balaban J connectivity index is 1.10. The Morgan fingerprint density at radius 2 is 1.42 bits per heavy atom. The number of phenols is 1. The highest BCUT2D eigenvalue weighted by molar-refractivity contribution is 8.19. The number of anilines is 6. The Hall–Kier alpha value is -6.73. The predicted molar refractivity (Wildman–Crippen MR) is 245 cm³/mol. The number of hydrogen-bond donors (Lipinski definition) is 11. The van der Waals surface area contributed by atoms with E-state index in [0.29, 0.717) is 0 Å². The number of halogens is 2. The summed E-state index contributed by atoms with van der Waals surface area (Å²) in [5.41, 5.74) is -0.576. The number of carbonyl (C=O) groups is 1. The van der Waals surface area contributed by atoms with Crippen LogP contribution in [0.1, 0.15) is 10.4 Å². The molecule has 1 amide bonds. The lowest BCUT2D eigenvalue weighted by atomic mass is 10.1. The van der Waals surface area contributed by atoms with Crippen molar-refractivity contribution in [2.45, 2.75) is 9.79 Å². The molecule has 28 nitrogen and oxygen atoms in total. The highest BCUT2D eigenvalue weighted by Gasteiger charge is 2.26. The first-order valence-corrected chi connectivity index (χ1v) is 25.2. The van der Waals surface area contributed by atoms with Crippen LogP contribution in [0.4, 0.5) is 50.9 Å². The maximum Gasteiger partial charge on any atom is 0.397 e. The number of fused-ring (bicyclic) bond motifs is 1. The Labute approximate surface area is 396 Å². The molecule has 35 heteroatoms. The molecular weight excluding hydrogens is 1020 g/mol. The van der Waals surface area contributed by atoms with Crippen LogP contribution in [0.3, 0.4) is 0 Å². The number of rotatable bonds is 21. The number of amides is 1. The SMILES string of the molecule is COc1ccc(N=Nc2c(S(O)(O)O)cc3cc(Nc4nc(Cl)nc(N[B]Nc5nc(F)nc(Nc6cccc(C(=O)NCCS(=O)(=O)CCOS(=O)(=O)O)c6)n5)n4)ccc3c2O)c(S(=O)(=O)O)c1. The molecule has 0 fully saturated rings. The average molecular weight is 1060 g/mol. The molecule has 0 bridgehead atoms. The van der Waals surface area contributed by atoms with E-state index in [4.69, 9.17) is 20.9 Å². The van der Waals surface area contributed by atoms with Crippen molar-refractivity contribution in [1.82, 2.24) is 35.2 Å². The van der Waals surface area contributed by atoms with E-state index in [-0.39, 0.29) is 69.1 Å². The number of hydrogen-bond acceptors (Lipinski definition) is 25. The van der Waals surface area contributed by atoms with Crippen LogP contribution in [0.2, 0.25) is 5.28 Å². The smallest absolute Gasteiger partial charge is 0.397 e. The molecular formula is C34H33BClFN13O15S4. The first kappa shape index (κ1) is 51.7. The lowest BCUT2D eigenvalue weighted by Gasteiger charge is -2.22. The molecule has 0 aliphatic heterocycles. The molecule has 365 valence electrons. The van der Waals surface area contributed by atoms with Gasteiger partial charge in [-0.05, 0) is 71.6 Å². The molecule has 69 heavy (non-hydrogen) atoms. The van der Waals surface area contributed by atoms with Gasteiger partial charge in [-0.2, -0.15) is 51.1 Å². The summed E-state index contributed by atoms with van der Waals surface area (Å²) < 4.78 is 142. The average Bonchev–Trinajstić information content (AvgIpc) is 3.24. The van der Waals surface area contributed by atoms with Gasteiger partial charge >= 0.3 is 24.0 Å². The number of sulfone groups is 1. The normalized spacial score (nSPS) is 12.4. The number of aromatic hydroxyl groups is 1. The molecule has 4 aromatic carbocycles. The van der Waals surface area contributed by atoms with Gasteiger partial charge in [0.15, 0.2) is 15.6 Å². The standard InChI is InChI=1S/C34H33BClFN13O15S4/c1-64-21-6-8-23(24(16-21)67(55,56)57)49-50-26-25(68(58,59)60)15-18-14-20(5-7-22(18)27(26)51)40-31-41-29(36)42-33(45-31)47-35-48-34-44-30(37)43-32(46-34)39-19-4-2-3-17(13-19)28(52)38-9-11-66(53,54)12-10-65-69(61,62)63/h2-8,13-16,51,58-60H,9-12H2,1H3,(H,38,52)(H,55,56,57)(H,61,62,63)(H2,39,43,44,46,48)(H2,40,41,42,45,47). The fourth-order valence-electron chi connectivity index (χ4n) is 5.64. The molecule has 1 radical (unpaired) electrons. The van der Waals surface area contributed by atoms with Crippen molar-refractivity contribution in [3.8, 4) is 11.5 Å². The molecule has 6 rings (SSSR count). The summed E-state index contributed by atoms with van der Waals surface area (Å²) in [6.45, 7) is -1.16. The van der Waals surface area contributed by atoms with Crippen molar-refractivity contribution in [3.05, 3.63) is 83.7 Å². The van der Waals surface area contributed by atoms with Crippen molar-refractivity contribution in [1.29, 1.82) is 0 Å². The minimum absolute atomic E-state index is 0.0464. The van der Waals surface area contributed by atoms with E-state index in [2.05, 4.69) is 70.7 Å². The number of nitrogens with one attached hydrogen (secondary N) is 5. The van der Waals surface area contributed by atoms with Gasteiger partial charge in [0.25, 0.3) is 16.0 Å². The minimum atomic E-state index is -4.86. The highest BCUT2D eigenvalue weighted by atomic mass is 35.5. The molecule has 2 aromatic heterocycles. The van der Waals surface area contributed by atoms with E-state index in [0.717, 1.165) is 25.7 Å². The topological polar surface area (TPSA) is 422 Å². The first-order valence-electron chi connectivity index (χ1n) is 18.7. The van der Waals surface area contributed by atoms with E-state index < -0.39 is 98.2 Å². The Morgan fingerprint density at radius 3 is 2.09 bits per heavy atom. The molecule has 0 unspecified atom stereocenters. The number of benzene rings is 4. The first-order chi connectivity index (χ1) is 32.4. The third-order valence-electron chi connectivity index (χ3n) is 8.63. The second-order valence-electron chi connectivity index (χ2n) is 13.5. The summed E-state index contributed by atoms with van der Waals surface area (Å²) in [5, 5.41) is 31.7. The highest BCUT2D eigenvalue weighted by Crippen LogP contribution is 2.54. The van der Waals surface area contributed by atoms with Gasteiger partial charge in [-0.3, -0.25) is 13.9 Å². The van der Waals surface area contributed by atoms with Gasteiger partial charge in [-0.25, -0.2) is 12.6 Å². The van der Waals surface area contributed by atoms with E-state index in [9.17, 15) is 57.8 Å². The molecule has 0 saturated carbocycles. The second-order valence-corrected chi connectivity index (χ2v) is 20.1.